The van der Waals surface area contributed by atoms with Gasteiger partial charge >= 0.3 is 0 Å². The van der Waals surface area contributed by atoms with E-state index in [9.17, 15) is 8.42 Å². The zero-order valence-electron chi connectivity index (χ0n) is 17.8. The molecule has 2 aromatic carbocycles. The molecule has 0 bridgehead atoms. The molecular weight excluding hydrogens is 426 g/mol. The second kappa shape index (κ2) is 7.57. The molecule has 0 spiro atoms. The van der Waals surface area contributed by atoms with Crippen molar-refractivity contribution in [3.63, 3.8) is 0 Å². The summed E-state index contributed by atoms with van der Waals surface area (Å²) in [6.45, 7) is 0. The van der Waals surface area contributed by atoms with E-state index in [1.165, 1.54) is 12.1 Å². The molecule has 0 atom stereocenters. The summed E-state index contributed by atoms with van der Waals surface area (Å²) >= 11 is 0. The minimum Gasteiger partial charge on any atom is -0.329 e. The number of fused-ring (bicyclic) bond motifs is 2. The summed E-state index contributed by atoms with van der Waals surface area (Å²) in [4.78, 5) is 11.6. The van der Waals surface area contributed by atoms with Crippen LogP contribution in [0.2, 0.25) is 0 Å². The number of nitrogens with one attached hydrogen (secondary N) is 1. The Morgan fingerprint density at radius 1 is 1.12 bits per heavy atom. The van der Waals surface area contributed by atoms with Crippen LogP contribution in [-0.4, -0.2) is 35.2 Å². The lowest BCUT2D eigenvalue weighted by Crippen LogP contribution is -2.16. The van der Waals surface area contributed by atoms with Crippen molar-refractivity contribution >= 4 is 44.1 Å². The molecule has 0 fully saturated rings. The summed E-state index contributed by atoms with van der Waals surface area (Å²) in [7, 11) is 0.0911. The van der Waals surface area contributed by atoms with E-state index in [1.54, 1.807) is 16.8 Å². The molecule has 0 amide bonds. The number of hydrogen-bond donors (Lipinski definition) is 2. The van der Waals surface area contributed by atoms with Gasteiger partial charge in [-0.25, -0.2) is 18.5 Å². The van der Waals surface area contributed by atoms with Gasteiger partial charge in [-0.3, -0.25) is 4.68 Å². The van der Waals surface area contributed by atoms with Gasteiger partial charge in [0.1, 0.15) is 5.82 Å². The van der Waals surface area contributed by atoms with Crippen LogP contribution in [0.15, 0.2) is 53.6 Å². The number of benzene rings is 2. The van der Waals surface area contributed by atoms with Crippen LogP contribution in [-0.2, 0) is 29.9 Å². The second-order valence-electron chi connectivity index (χ2n) is 7.95. The third-order valence-electron chi connectivity index (χ3n) is 5.64. The maximum Gasteiger partial charge on any atom is 0.238 e. The summed E-state index contributed by atoms with van der Waals surface area (Å²) in [5.74, 6) is 1.24. The van der Waals surface area contributed by atoms with E-state index in [2.05, 4.69) is 21.5 Å². The number of sulfonamides is 1. The van der Waals surface area contributed by atoms with Crippen molar-refractivity contribution in [2.75, 3.05) is 17.3 Å². The van der Waals surface area contributed by atoms with Crippen LogP contribution in [0.4, 0.5) is 23.1 Å². The van der Waals surface area contributed by atoms with Gasteiger partial charge in [-0.1, -0.05) is 6.07 Å². The van der Waals surface area contributed by atoms with E-state index < -0.39 is 10.0 Å². The van der Waals surface area contributed by atoms with Gasteiger partial charge in [-0.15, -0.1) is 0 Å². The highest BCUT2D eigenvalue weighted by Crippen LogP contribution is 2.34. The van der Waals surface area contributed by atoms with Crippen LogP contribution >= 0.6 is 0 Å². The maximum atomic E-state index is 11.7. The molecule has 1 aliphatic carbocycles. The molecular formula is C22H23N7O2S. The summed E-state index contributed by atoms with van der Waals surface area (Å²) in [6.07, 6.45) is 4.81. The third-order valence-corrected chi connectivity index (χ3v) is 6.55. The number of primary sulfonamides is 1. The van der Waals surface area contributed by atoms with Crippen molar-refractivity contribution in [1.82, 2.24) is 19.7 Å². The Labute approximate surface area is 186 Å². The van der Waals surface area contributed by atoms with Crippen molar-refractivity contribution in [3.05, 3.63) is 59.9 Å². The second-order valence-corrected chi connectivity index (χ2v) is 9.51. The zero-order chi connectivity index (χ0) is 22.5. The molecule has 4 aromatic rings. The average Bonchev–Trinajstić information content (AvgIpc) is 3.37. The van der Waals surface area contributed by atoms with E-state index in [-0.39, 0.29) is 4.90 Å². The molecule has 2 heterocycles. The Hall–Kier alpha value is -3.50. The van der Waals surface area contributed by atoms with Crippen molar-refractivity contribution in [2.45, 2.75) is 24.2 Å². The van der Waals surface area contributed by atoms with E-state index in [0.29, 0.717) is 11.6 Å². The molecule has 3 N–H and O–H groups in total. The highest BCUT2D eigenvalue weighted by molar-refractivity contribution is 7.89. The van der Waals surface area contributed by atoms with Gasteiger partial charge in [0, 0.05) is 42.6 Å². The first-order chi connectivity index (χ1) is 15.3. The quantitative estimate of drug-likeness (QED) is 0.481. The van der Waals surface area contributed by atoms with Crippen molar-refractivity contribution in [1.29, 1.82) is 0 Å². The summed E-state index contributed by atoms with van der Waals surface area (Å²) in [5.41, 5.74) is 4.59. The number of aryl methyl sites for hydroxylation is 2. The molecule has 2 aromatic heterocycles. The Bertz CT molecular complexity index is 1450. The summed E-state index contributed by atoms with van der Waals surface area (Å²) in [6, 6.07) is 12.5. The highest BCUT2D eigenvalue weighted by Gasteiger charge is 2.23. The lowest BCUT2D eigenvalue weighted by atomic mass is 10.2. The molecule has 1 aliphatic rings. The minimum atomic E-state index is -3.80. The Morgan fingerprint density at radius 2 is 1.97 bits per heavy atom. The number of rotatable bonds is 5. The fraction of sp³-hybridized carbons (Fsp3) is 0.227. The molecule has 9 nitrogen and oxygen atoms in total. The standard InChI is InChI=1S/C22H23N7O2S/c1-28-13-14-9-10-16(12-20(14)27-28)29(2)21-18-7-4-8-19(18)25-22(26-21)24-15-5-3-6-17(11-15)32(23,30)31/h3,5-6,9-13H,4,7-8H2,1-2H3,(H2,23,30,31)(H,24,25,26). The Morgan fingerprint density at radius 3 is 2.78 bits per heavy atom. The van der Waals surface area contributed by atoms with Crippen LogP contribution in [0.1, 0.15) is 17.7 Å². The lowest BCUT2D eigenvalue weighted by Gasteiger charge is -2.22. The number of hydrogen-bond acceptors (Lipinski definition) is 7. The van der Waals surface area contributed by atoms with Crippen LogP contribution in [0.3, 0.4) is 0 Å². The van der Waals surface area contributed by atoms with Crippen LogP contribution in [0.25, 0.3) is 10.9 Å². The van der Waals surface area contributed by atoms with Gasteiger partial charge in [0.25, 0.3) is 0 Å². The van der Waals surface area contributed by atoms with Crippen molar-refractivity contribution in [2.24, 2.45) is 12.2 Å². The Balaban J connectivity index is 1.53. The van der Waals surface area contributed by atoms with Gasteiger partial charge in [0.05, 0.1) is 16.1 Å². The molecule has 164 valence electrons. The molecule has 0 saturated heterocycles. The molecule has 0 saturated carbocycles. The summed E-state index contributed by atoms with van der Waals surface area (Å²) in [5, 5.41) is 14.0. The molecule has 0 aliphatic heterocycles. The topological polar surface area (TPSA) is 119 Å². The number of nitrogens with two attached hydrogens (primary N) is 1. The number of nitrogens with zero attached hydrogens (tertiary/aromatic N) is 5. The van der Waals surface area contributed by atoms with E-state index in [4.69, 9.17) is 10.1 Å². The molecule has 5 rings (SSSR count). The third kappa shape index (κ3) is 3.78. The molecule has 10 heteroatoms. The largest absolute Gasteiger partial charge is 0.329 e. The van der Waals surface area contributed by atoms with Gasteiger partial charge in [-0.2, -0.15) is 10.1 Å². The van der Waals surface area contributed by atoms with Crippen molar-refractivity contribution < 1.29 is 8.42 Å². The maximum absolute atomic E-state index is 11.7. The zero-order valence-corrected chi connectivity index (χ0v) is 18.6. The number of aromatic nitrogens is 4. The monoisotopic (exact) mass is 449 g/mol. The molecule has 0 radical (unpaired) electrons. The first kappa shape index (κ1) is 20.4. The van der Waals surface area contributed by atoms with Crippen LogP contribution < -0.4 is 15.4 Å². The Kier molecular flexibility index (Phi) is 4.83. The predicted molar refractivity (Wildman–Crippen MR) is 124 cm³/mol. The smallest absolute Gasteiger partial charge is 0.238 e. The van der Waals surface area contributed by atoms with E-state index in [1.807, 2.05) is 37.3 Å². The highest BCUT2D eigenvalue weighted by atomic mass is 32.2. The van der Waals surface area contributed by atoms with E-state index >= 15 is 0 Å². The first-order valence-electron chi connectivity index (χ1n) is 10.2. The van der Waals surface area contributed by atoms with Gasteiger partial charge in [0.2, 0.25) is 16.0 Å². The summed E-state index contributed by atoms with van der Waals surface area (Å²) < 4.78 is 25.2. The average molecular weight is 450 g/mol. The first-order valence-corrected chi connectivity index (χ1v) is 11.8. The fourth-order valence-electron chi connectivity index (χ4n) is 4.08. The van der Waals surface area contributed by atoms with E-state index in [0.717, 1.165) is 52.9 Å². The number of anilines is 4. The van der Waals surface area contributed by atoms with Crippen molar-refractivity contribution in [3.8, 4) is 0 Å². The van der Waals surface area contributed by atoms with Gasteiger partial charge < -0.3 is 10.2 Å². The fourth-order valence-corrected chi connectivity index (χ4v) is 4.64. The molecule has 0 unspecified atom stereocenters. The minimum absolute atomic E-state index is 0.0321. The van der Waals surface area contributed by atoms with Gasteiger partial charge in [0.15, 0.2) is 0 Å². The van der Waals surface area contributed by atoms with Gasteiger partial charge in [-0.05, 0) is 55.7 Å². The molecule has 32 heavy (non-hydrogen) atoms. The predicted octanol–water partition coefficient (Wildman–Crippen LogP) is 3.01. The normalized spacial score (nSPS) is 13.3. The SMILES string of the molecule is CN(c1ccc2cn(C)nc2c1)c1nc(Nc2cccc(S(N)(=O)=O)c2)nc2c1CCC2. The lowest BCUT2D eigenvalue weighted by molar-refractivity contribution is 0.598. The van der Waals surface area contributed by atoms with Crippen LogP contribution in [0.5, 0.6) is 0 Å². The van der Waals surface area contributed by atoms with Crippen LogP contribution in [0, 0.1) is 0 Å².